The minimum absolute atomic E-state index is 1.05. The van der Waals surface area contributed by atoms with Crippen LogP contribution in [0, 0.1) is 6.92 Å². The van der Waals surface area contributed by atoms with E-state index < -0.39 is 0 Å². The molecule has 2 aromatic carbocycles. The van der Waals surface area contributed by atoms with Crippen LogP contribution in [0.3, 0.4) is 0 Å². The lowest BCUT2D eigenvalue weighted by molar-refractivity contribution is 0.250. The predicted molar refractivity (Wildman–Crippen MR) is 99.4 cm³/mol. The Morgan fingerprint density at radius 2 is 1.71 bits per heavy atom. The highest BCUT2D eigenvalue weighted by Gasteiger charge is 2.18. The fraction of sp³-hybridized carbons (Fsp3) is 0.350. The van der Waals surface area contributed by atoms with Crippen molar-refractivity contribution in [1.29, 1.82) is 0 Å². The van der Waals surface area contributed by atoms with Crippen molar-refractivity contribution < 1.29 is 0 Å². The van der Waals surface area contributed by atoms with Crippen molar-refractivity contribution in [2.75, 3.05) is 31.1 Å². The van der Waals surface area contributed by atoms with Crippen LogP contribution in [0.2, 0.25) is 0 Å². The zero-order valence-corrected chi connectivity index (χ0v) is 14.4. The average molecular weight is 320 g/mol. The number of hydrogen-bond acceptors (Lipinski definition) is 3. The monoisotopic (exact) mass is 320 g/mol. The van der Waals surface area contributed by atoms with Gasteiger partial charge in [-0.3, -0.25) is 4.90 Å². The molecule has 0 atom stereocenters. The molecule has 0 amide bonds. The number of piperazine rings is 1. The third kappa shape index (κ3) is 2.89. The SMILES string of the molecule is Cc1nc2ccc(N3CCN(Cc4ccccc4)CC3)cc2n1C. The Bertz CT molecular complexity index is 829. The average Bonchev–Trinajstić information content (AvgIpc) is 2.90. The molecule has 24 heavy (non-hydrogen) atoms. The van der Waals surface area contributed by atoms with Gasteiger partial charge in [0.25, 0.3) is 0 Å². The van der Waals surface area contributed by atoms with Crippen LogP contribution in [0.25, 0.3) is 11.0 Å². The minimum atomic E-state index is 1.05. The second kappa shape index (κ2) is 6.29. The molecule has 4 rings (SSSR count). The van der Waals surface area contributed by atoms with E-state index in [0.29, 0.717) is 0 Å². The minimum Gasteiger partial charge on any atom is -0.369 e. The van der Waals surface area contributed by atoms with E-state index in [0.717, 1.165) is 44.1 Å². The number of aromatic nitrogens is 2. The maximum Gasteiger partial charge on any atom is 0.106 e. The van der Waals surface area contributed by atoms with E-state index in [1.54, 1.807) is 0 Å². The van der Waals surface area contributed by atoms with Crippen molar-refractivity contribution in [2.24, 2.45) is 7.05 Å². The topological polar surface area (TPSA) is 24.3 Å². The summed E-state index contributed by atoms with van der Waals surface area (Å²) in [5.41, 5.74) is 5.01. The molecule has 124 valence electrons. The van der Waals surface area contributed by atoms with Crippen molar-refractivity contribution in [3.05, 3.63) is 59.9 Å². The van der Waals surface area contributed by atoms with E-state index in [-0.39, 0.29) is 0 Å². The van der Waals surface area contributed by atoms with Gasteiger partial charge >= 0.3 is 0 Å². The Morgan fingerprint density at radius 3 is 2.46 bits per heavy atom. The molecule has 1 aliphatic heterocycles. The maximum absolute atomic E-state index is 4.59. The molecule has 2 heterocycles. The van der Waals surface area contributed by atoms with E-state index in [1.807, 2.05) is 0 Å². The molecule has 0 spiro atoms. The summed E-state index contributed by atoms with van der Waals surface area (Å²) in [5, 5.41) is 0. The molecular weight excluding hydrogens is 296 g/mol. The number of imidazole rings is 1. The van der Waals surface area contributed by atoms with Crippen molar-refractivity contribution in [2.45, 2.75) is 13.5 Å². The van der Waals surface area contributed by atoms with Crippen molar-refractivity contribution in [1.82, 2.24) is 14.5 Å². The van der Waals surface area contributed by atoms with Crippen molar-refractivity contribution in [3.63, 3.8) is 0 Å². The number of fused-ring (bicyclic) bond motifs is 1. The molecule has 0 aliphatic carbocycles. The van der Waals surface area contributed by atoms with Crippen LogP contribution in [0.4, 0.5) is 5.69 Å². The summed E-state index contributed by atoms with van der Waals surface area (Å²) in [6, 6.07) is 17.4. The summed E-state index contributed by atoms with van der Waals surface area (Å²) in [7, 11) is 2.09. The first kappa shape index (κ1) is 15.2. The molecule has 0 unspecified atom stereocenters. The number of anilines is 1. The standard InChI is InChI=1S/C20H24N4/c1-16-21-19-9-8-18(14-20(19)22(16)2)24-12-10-23(11-13-24)15-17-6-4-3-5-7-17/h3-9,14H,10-13,15H2,1-2H3. The number of hydrogen-bond donors (Lipinski definition) is 0. The van der Waals surface area contributed by atoms with Crippen LogP contribution in [-0.2, 0) is 13.6 Å². The van der Waals surface area contributed by atoms with Gasteiger partial charge in [0.05, 0.1) is 11.0 Å². The first-order chi connectivity index (χ1) is 11.7. The Hall–Kier alpha value is -2.33. The van der Waals surface area contributed by atoms with Crippen LogP contribution in [0.5, 0.6) is 0 Å². The van der Waals surface area contributed by atoms with Crippen molar-refractivity contribution >= 4 is 16.7 Å². The third-order valence-electron chi connectivity index (χ3n) is 5.07. The van der Waals surface area contributed by atoms with Crippen molar-refractivity contribution in [3.8, 4) is 0 Å². The molecule has 3 aromatic rings. The molecule has 1 fully saturated rings. The van der Waals surface area contributed by atoms with Gasteiger partial charge < -0.3 is 9.47 Å². The zero-order chi connectivity index (χ0) is 16.5. The number of nitrogens with zero attached hydrogens (tertiary/aromatic N) is 4. The molecule has 4 nitrogen and oxygen atoms in total. The maximum atomic E-state index is 4.59. The predicted octanol–water partition coefficient (Wildman–Crippen LogP) is 3.20. The first-order valence-corrected chi connectivity index (χ1v) is 8.65. The summed E-state index contributed by atoms with van der Waals surface area (Å²) >= 11 is 0. The second-order valence-electron chi connectivity index (χ2n) is 6.64. The van der Waals surface area contributed by atoms with Gasteiger partial charge in [-0.25, -0.2) is 4.98 Å². The van der Waals surface area contributed by atoms with Crippen LogP contribution in [-0.4, -0.2) is 40.6 Å². The lowest BCUT2D eigenvalue weighted by Crippen LogP contribution is -2.45. The van der Waals surface area contributed by atoms with Crippen LogP contribution in [0.15, 0.2) is 48.5 Å². The van der Waals surface area contributed by atoms with Gasteiger partial charge in [-0.15, -0.1) is 0 Å². The van der Waals surface area contributed by atoms with E-state index in [4.69, 9.17) is 0 Å². The largest absolute Gasteiger partial charge is 0.369 e. The summed E-state index contributed by atoms with van der Waals surface area (Å²) < 4.78 is 2.17. The van der Waals surface area contributed by atoms with Gasteiger partial charge in [-0.05, 0) is 30.7 Å². The van der Waals surface area contributed by atoms with Crippen LogP contribution in [0.1, 0.15) is 11.4 Å². The molecule has 1 aromatic heterocycles. The quantitative estimate of drug-likeness (QED) is 0.741. The van der Waals surface area contributed by atoms with Gasteiger partial charge in [0, 0.05) is 45.5 Å². The number of aryl methyl sites for hydroxylation is 2. The number of rotatable bonds is 3. The highest BCUT2D eigenvalue weighted by Crippen LogP contribution is 2.23. The normalized spacial score (nSPS) is 16.0. The van der Waals surface area contributed by atoms with Gasteiger partial charge in [-0.2, -0.15) is 0 Å². The van der Waals surface area contributed by atoms with Crippen LogP contribution < -0.4 is 4.90 Å². The molecule has 0 radical (unpaired) electrons. The summed E-state index contributed by atoms with van der Waals surface area (Å²) in [5.74, 6) is 1.06. The lowest BCUT2D eigenvalue weighted by Gasteiger charge is -2.36. The molecule has 1 saturated heterocycles. The summed E-state index contributed by atoms with van der Waals surface area (Å²) in [6.07, 6.45) is 0. The zero-order valence-electron chi connectivity index (χ0n) is 14.4. The first-order valence-electron chi connectivity index (χ1n) is 8.65. The van der Waals surface area contributed by atoms with Gasteiger partial charge in [0.1, 0.15) is 5.82 Å². The van der Waals surface area contributed by atoms with E-state index in [1.165, 1.54) is 16.8 Å². The Kier molecular flexibility index (Phi) is 3.98. The van der Waals surface area contributed by atoms with Gasteiger partial charge in [-0.1, -0.05) is 30.3 Å². The molecule has 0 saturated carbocycles. The smallest absolute Gasteiger partial charge is 0.106 e. The van der Waals surface area contributed by atoms with E-state index in [9.17, 15) is 0 Å². The summed E-state index contributed by atoms with van der Waals surface area (Å²) in [4.78, 5) is 9.62. The molecule has 0 bridgehead atoms. The molecule has 1 aliphatic rings. The van der Waals surface area contributed by atoms with Gasteiger partial charge in [0.15, 0.2) is 0 Å². The fourth-order valence-electron chi connectivity index (χ4n) is 3.50. The highest BCUT2D eigenvalue weighted by atomic mass is 15.3. The molecule has 0 N–H and O–H groups in total. The highest BCUT2D eigenvalue weighted by molar-refractivity contribution is 5.80. The fourth-order valence-corrected chi connectivity index (χ4v) is 3.50. The third-order valence-corrected chi connectivity index (χ3v) is 5.07. The van der Waals surface area contributed by atoms with Gasteiger partial charge in [0.2, 0.25) is 0 Å². The Labute approximate surface area is 143 Å². The Morgan fingerprint density at radius 1 is 0.958 bits per heavy atom. The van der Waals surface area contributed by atoms with Crippen LogP contribution >= 0.6 is 0 Å². The Balaban J connectivity index is 1.45. The molecule has 4 heteroatoms. The lowest BCUT2D eigenvalue weighted by atomic mass is 10.2. The van der Waals surface area contributed by atoms with E-state index >= 15 is 0 Å². The number of benzene rings is 2. The van der Waals surface area contributed by atoms with E-state index in [2.05, 4.69) is 81.9 Å². The summed E-state index contributed by atoms with van der Waals surface area (Å²) in [6.45, 7) is 7.48. The molecular formula is C20H24N4. The second-order valence-corrected chi connectivity index (χ2v) is 6.64.